The lowest BCUT2D eigenvalue weighted by molar-refractivity contribution is -0.161. The summed E-state index contributed by atoms with van der Waals surface area (Å²) in [5.74, 6) is -1.20. The number of esters is 3. The van der Waals surface area contributed by atoms with Crippen molar-refractivity contribution >= 4 is 24.1 Å². The van der Waals surface area contributed by atoms with Crippen LogP contribution in [0.25, 0.3) is 0 Å². The van der Waals surface area contributed by atoms with Crippen LogP contribution in [0.5, 0.6) is 0 Å². The Hall–Kier alpha value is -2.96. The predicted molar refractivity (Wildman–Crippen MR) is 255 cm³/mol. The van der Waals surface area contributed by atoms with Crippen molar-refractivity contribution in [3.8, 4) is 0 Å². The quantitative estimate of drug-likeness (QED) is 0.0190. The average molecular weight is 908 g/mol. The van der Waals surface area contributed by atoms with E-state index in [0.29, 0.717) is 32.7 Å². The Morgan fingerprint density at radius 3 is 1.81 bits per heavy atom. The van der Waals surface area contributed by atoms with Crippen molar-refractivity contribution in [2.24, 2.45) is 17.8 Å². The van der Waals surface area contributed by atoms with Crippen LogP contribution in [0.4, 0.5) is 4.79 Å². The predicted octanol–water partition coefficient (Wildman–Crippen LogP) is 12.3. The first-order chi connectivity index (χ1) is 31.3. The summed E-state index contributed by atoms with van der Waals surface area (Å²) >= 11 is 0. The molecule has 12 nitrogen and oxygen atoms in total. The molecule has 0 saturated carbocycles. The fourth-order valence-corrected chi connectivity index (χ4v) is 7.54. The van der Waals surface area contributed by atoms with Gasteiger partial charge in [0.05, 0.1) is 31.5 Å². The Morgan fingerprint density at radius 1 is 0.578 bits per heavy atom. The van der Waals surface area contributed by atoms with Gasteiger partial charge in [-0.05, 0) is 103 Å². The topological polar surface area (TPSA) is 136 Å². The summed E-state index contributed by atoms with van der Waals surface area (Å²) in [7, 11) is 0. The highest BCUT2D eigenvalue weighted by atomic mass is 16.7. The fraction of sp³-hybridized carbons (Fsp3) is 0.846. The molecule has 1 heterocycles. The van der Waals surface area contributed by atoms with Gasteiger partial charge in [0.1, 0.15) is 19.8 Å². The van der Waals surface area contributed by atoms with Gasteiger partial charge in [-0.15, -0.1) is 0 Å². The Labute approximate surface area is 389 Å². The Bertz CT molecular complexity index is 1190. The number of likely N-dealkylation sites (tertiary alicyclic amines) is 1. The molecule has 64 heavy (non-hydrogen) atoms. The lowest BCUT2D eigenvalue weighted by Crippen LogP contribution is -2.37. The minimum absolute atomic E-state index is 0.00845. The van der Waals surface area contributed by atoms with Crippen LogP contribution in [0.2, 0.25) is 0 Å². The summed E-state index contributed by atoms with van der Waals surface area (Å²) in [4.78, 5) is 53.5. The number of carbonyl (C=O) groups excluding carboxylic acids is 4. The van der Waals surface area contributed by atoms with E-state index in [2.05, 4.69) is 63.8 Å². The normalized spacial score (nSPS) is 15.4. The van der Waals surface area contributed by atoms with E-state index in [0.717, 1.165) is 142 Å². The average Bonchev–Trinajstić information content (AvgIpc) is 3.30. The number of nitrogens with zero attached hydrogens (tertiary/aromatic N) is 1. The second-order valence-electron chi connectivity index (χ2n) is 17.5. The monoisotopic (exact) mass is 908 g/mol. The van der Waals surface area contributed by atoms with Crippen LogP contribution in [0.15, 0.2) is 24.3 Å². The smallest absolute Gasteiger partial charge is 0.465 e. The molecule has 0 bridgehead atoms. The van der Waals surface area contributed by atoms with Crippen LogP contribution < -0.4 is 0 Å². The molecule has 0 aliphatic carbocycles. The third-order valence-corrected chi connectivity index (χ3v) is 11.6. The molecule has 0 aromatic carbocycles. The molecule has 1 rings (SSSR count). The van der Waals surface area contributed by atoms with E-state index in [1.807, 2.05) is 0 Å². The van der Waals surface area contributed by atoms with Crippen molar-refractivity contribution in [2.45, 2.75) is 201 Å². The number of rotatable bonds is 42. The summed E-state index contributed by atoms with van der Waals surface area (Å²) in [6.07, 6.45) is 29.6. The molecule has 0 spiro atoms. The molecular weight excluding hydrogens is 815 g/mol. The van der Waals surface area contributed by atoms with Gasteiger partial charge in [0.2, 0.25) is 0 Å². The number of allylic oxidation sites excluding steroid dienone is 4. The van der Waals surface area contributed by atoms with E-state index in [9.17, 15) is 19.2 Å². The fourth-order valence-electron chi connectivity index (χ4n) is 7.54. The molecule has 0 radical (unpaired) electrons. The molecule has 1 aliphatic rings. The van der Waals surface area contributed by atoms with Crippen LogP contribution in [0.1, 0.15) is 195 Å². The van der Waals surface area contributed by atoms with E-state index in [1.165, 1.54) is 12.8 Å². The molecule has 3 unspecified atom stereocenters. The van der Waals surface area contributed by atoms with Crippen molar-refractivity contribution in [1.82, 2.24) is 4.90 Å². The molecule has 0 aromatic heterocycles. The van der Waals surface area contributed by atoms with E-state index in [4.69, 9.17) is 33.2 Å². The highest BCUT2D eigenvalue weighted by Crippen LogP contribution is 2.20. The molecule has 0 N–H and O–H groups in total. The van der Waals surface area contributed by atoms with Gasteiger partial charge in [0.25, 0.3) is 0 Å². The first-order valence-corrected chi connectivity index (χ1v) is 25.8. The van der Waals surface area contributed by atoms with Gasteiger partial charge >= 0.3 is 24.1 Å². The largest absolute Gasteiger partial charge is 0.508 e. The highest BCUT2D eigenvalue weighted by Gasteiger charge is 2.23. The highest BCUT2D eigenvalue weighted by molar-refractivity contribution is 5.72. The molecule has 0 aromatic rings. The Balaban J connectivity index is 2.63. The van der Waals surface area contributed by atoms with Crippen LogP contribution in [0, 0.1) is 17.8 Å². The Morgan fingerprint density at radius 2 is 1.17 bits per heavy atom. The molecule has 0 amide bonds. The van der Waals surface area contributed by atoms with Gasteiger partial charge < -0.3 is 38.1 Å². The number of piperidine rings is 1. The second kappa shape index (κ2) is 42.7. The summed E-state index contributed by atoms with van der Waals surface area (Å²) < 4.78 is 39.9. The van der Waals surface area contributed by atoms with E-state index < -0.39 is 24.3 Å². The van der Waals surface area contributed by atoms with Gasteiger partial charge in [0.15, 0.2) is 6.29 Å². The zero-order valence-corrected chi connectivity index (χ0v) is 41.3. The van der Waals surface area contributed by atoms with Gasteiger partial charge in [-0.3, -0.25) is 14.4 Å². The summed E-state index contributed by atoms with van der Waals surface area (Å²) in [5.41, 5.74) is 0. The third-order valence-electron chi connectivity index (χ3n) is 11.6. The van der Waals surface area contributed by atoms with Crippen molar-refractivity contribution in [2.75, 3.05) is 65.9 Å². The summed E-state index contributed by atoms with van der Waals surface area (Å²) in [6.45, 7) is 15.1. The number of hydrogen-bond acceptors (Lipinski definition) is 12. The van der Waals surface area contributed by atoms with Gasteiger partial charge in [-0.25, -0.2) is 4.79 Å². The van der Waals surface area contributed by atoms with Crippen molar-refractivity contribution < 1.29 is 52.3 Å². The van der Waals surface area contributed by atoms with Crippen molar-refractivity contribution in [3.63, 3.8) is 0 Å². The van der Waals surface area contributed by atoms with Crippen LogP contribution in [0.3, 0.4) is 0 Å². The lowest BCUT2D eigenvalue weighted by atomic mass is 9.95. The third kappa shape index (κ3) is 34.4. The SMILES string of the molecule is CC/C=C\CCCCOC(CCC(=O)OCC(COC(=O)CCCCCCOC(=O)C(CCCC)CCCCCC)COC(=O)OCC1CCCN(CC)C1)OCCCC/C=C\CC. The first-order valence-electron chi connectivity index (χ1n) is 25.8. The van der Waals surface area contributed by atoms with Crippen LogP contribution in [-0.4, -0.2) is 101 Å². The van der Waals surface area contributed by atoms with E-state index in [-0.39, 0.29) is 63.0 Å². The molecule has 12 heteroatoms. The number of carbonyl (C=O) groups is 4. The van der Waals surface area contributed by atoms with Gasteiger partial charge in [-0.2, -0.15) is 0 Å². The standard InChI is InChI=1S/C52H93NO11/c1-6-11-15-18-21-26-37-58-50(59-38-27-22-19-16-12-7-2)35-34-49(55)62-43-46(44-64-52(57)63-41-45-30-29-36-53(10-5)40-45)42-61-48(54)33-25-20-23-28-39-60-51(56)47(31-14-9-4)32-24-17-13-8-3/h11-12,15-16,45-47,50H,6-10,13-14,17-44H2,1-5H3/b15-11-,16-12-. The summed E-state index contributed by atoms with van der Waals surface area (Å²) in [5, 5.41) is 0. The summed E-state index contributed by atoms with van der Waals surface area (Å²) in [6, 6.07) is 0. The number of unbranched alkanes of at least 4 members (excludes halogenated alkanes) is 11. The molecule has 1 aliphatic heterocycles. The van der Waals surface area contributed by atoms with Gasteiger partial charge in [0, 0.05) is 38.5 Å². The number of hydrogen-bond donors (Lipinski definition) is 0. The molecule has 1 fully saturated rings. The minimum atomic E-state index is -0.787. The lowest BCUT2D eigenvalue weighted by Gasteiger charge is -2.31. The van der Waals surface area contributed by atoms with Crippen molar-refractivity contribution in [3.05, 3.63) is 24.3 Å². The van der Waals surface area contributed by atoms with Crippen molar-refractivity contribution in [1.29, 1.82) is 0 Å². The molecule has 1 saturated heterocycles. The molecule has 3 atom stereocenters. The molecule has 372 valence electrons. The van der Waals surface area contributed by atoms with Crippen LogP contribution >= 0.6 is 0 Å². The van der Waals surface area contributed by atoms with E-state index in [1.54, 1.807) is 0 Å². The number of ether oxygens (including phenoxy) is 7. The second-order valence-corrected chi connectivity index (χ2v) is 17.5. The van der Waals surface area contributed by atoms with E-state index >= 15 is 0 Å². The zero-order valence-electron chi connectivity index (χ0n) is 41.3. The maximum Gasteiger partial charge on any atom is 0.508 e. The Kier molecular flexibility index (Phi) is 39.4. The van der Waals surface area contributed by atoms with Crippen LogP contribution in [-0.2, 0) is 47.5 Å². The van der Waals surface area contributed by atoms with Gasteiger partial charge in [-0.1, -0.05) is 110 Å². The molecular formula is C52H93NO11. The zero-order chi connectivity index (χ0) is 46.7. The maximum absolute atomic E-state index is 13.0. The first kappa shape index (κ1) is 59.1. The maximum atomic E-state index is 13.0. The minimum Gasteiger partial charge on any atom is -0.465 e.